The molecule has 0 heterocycles. The molecule has 0 spiro atoms. The van der Waals surface area contributed by atoms with Crippen molar-refractivity contribution in [3.05, 3.63) is 33.8 Å². The minimum absolute atomic E-state index is 0.311. The Morgan fingerprint density at radius 3 is 2.57 bits per heavy atom. The molecule has 74 valence electrons. The molecule has 0 bridgehead atoms. The van der Waals surface area contributed by atoms with Crippen LogP contribution in [0.25, 0.3) is 0 Å². The van der Waals surface area contributed by atoms with E-state index in [1.54, 1.807) is 19.1 Å². The quantitative estimate of drug-likeness (QED) is 0.774. The fraction of sp³-hybridized carbons (Fsp3) is 0.111. The van der Waals surface area contributed by atoms with E-state index in [9.17, 15) is 4.79 Å². The topological polar surface area (TPSA) is 29.1 Å². The summed E-state index contributed by atoms with van der Waals surface area (Å²) >= 11 is 16.2. The van der Waals surface area contributed by atoms with Crippen molar-refractivity contribution in [1.29, 1.82) is 0 Å². The lowest BCUT2D eigenvalue weighted by Crippen LogP contribution is -2.26. The highest BCUT2D eigenvalue weighted by Crippen LogP contribution is 2.20. The summed E-state index contributed by atoms with van der Waals surface area (Å²) in [6, 6.07) is 4.66. The van der Waals surface area contributed by atoms with E-state index in [1.807, 2.05) is 0 Å². The van der Waals surface area contributed by atoms with Gasteiger partial charge in [0.15, 0.2) is 0 Å². The van der Waals surface area contributed by atoms with Crippen molar-refractivity contribution in [3.8, 4) is 0 Å². The highest BCUT2D eigenvalue weighted by molar-refractivity contribution is 7.80. The Morgan fingerprint density at radius 1 is 1.43 bits per heavy atom. The first-order chi connectivity index (χ1) is 6.50. The molecule has 14 heavy (non-hydrogen) atoms. The second-order valence-electron chi connectivity index (χ2n) is 2.63. The maximum Gasteiger partial charge on any atom is 0.257 e. The fourth-order valence-corrected chi connectivity index (χ4v) is 1.49. The molecule has 0 aliphatic rings. The summed E-state index contributed by atoms with van der Waals surface area (Å²) in [5, 5.41) is 3.29. The van der Waals surface area contributed by atoms with Gasteiger partial charge in [-0.3, -0.25) is 4.79 Å². The number of hydrogen-bond acceptors (Lipinski definition) is 2. The summed E-state index contributed by atoms with van der Waals surface area (Å²) < 4.78 is 0. The van der Waals surface area contributed by atoms with Crippen LogP contribution >= 0.6 is 35.4 Å². The highest BCUT2D eigenvalue weighted by atomic mass is 35.5. The van der Waals surface area contributed by atoms with Crippen molar-refractivity contribution >= 4 is 46.3 Å². The standard InChI is InChI=1S/C9H7Cl2NOS/c1-5(14)12-9(13)7-3-2-6(10)4-8(7)11/h2-4H,1H3,(H,12,13,14). The number of halogens is 2. The molecule has 1 amide bonds. The van der Waals surface area contributed by atoms with Crippen LogP contribution < -0.4 is 5.32 Å². The molecule has 0 aromatic heterocycles. The minimum Gasteiger partial charge on any atom is -0.317 e. The Kier molecular flexibility index (Phi) is 3.86. The summed E-state index contributed by atoms with van der Waals surface area (Å²) in [5.41, 5.74) is 0.361. The molecule has 0 saturated carbocycles. The molecule has 0 aliphatic carbocycles. The minimum atomic E-state index is -0.320. The summed E-state index contributed by atoms with van der Waals surface area (Å²) in [6.07, 6.45) is 0. The van der Waals surface area contributed by atoms with Gasteiger partial charge >= 0.3 is 0 Å². The van der Waals surface area contributed by atoms with Gasteiger partial charge < -0.3 is 5.32 Å². The number of carbonyl (C=O) groups excluding carboxylic acids is 1. The van der Waals surface area contributed by atoms with Gasteiger partial charge in [0.05, 0.1) is 15.6 Å². The van der Waals surface area contributed by atoms with Crippen LogP contribution in [-0.2, 0) is 0 Å². The van der Waals surface area contributed by atoms with Gasteiger partial charge in [0.2, 0.25) is 0 Å². The van der Waals surface area contributed by atoms with Gasteiger partial charge in [-0.2, -0.15) is 0 Å². The van der Waals surface area contributed by atoms with Gasteiger partial charge in [-0.15, -0.1) is 0 Å². The molecule has 2 nitrogen and oxygen atoms in total. The second kappa shape index (κ2) is 4.73. The molecular weight excluding hydrogens is 241 g/mol. The van der Waals surface area contributed by atoms with Crippen molar-refractivity contribution < 1.29 is 4.79 Å². The molecule has 0 saturated heterocycles. The average molecular weight is 248 g/mol. The molecule has 0 radical (unpaired) electrons. The zero-order valence-corrected chi connectivity index (χ0v) is 9.63. The van der Waals surface area contributed by atoms with Crippen molar-refractivity contribution in [2.75, 3.05) is 0 Å². The molecule has 0 atom stereocenters. The normalized spacial score (nSPS) is 9.64. The zero-order chi connectivity index (χ0) is 10.7. The van der Waals surface area contributed by atoms with Gasteiger partial charge in [0.25, 0.3) is 5.91 Å². The molecule has 1 aromatic rings. The lowest BCUT2D eigenvalue weighted by atomic mass is 10.2. The van der Waals surface area contributed by atoms with Crippen molar-refractivity contribution in [2.45, 2.75) is 6.92 Å². The number of carbonyl (C=O) groups is 1. The summed E-state index contributed by atoms with van der Waals surface area (Å²) in [6.45, 7) is 1.62. The first-order valence-corrected chi connectivity index (χ1v) is 4.94. The molecule has 0 fully saturated rings. The SMILES string of the molecule is CC(=S)NC(=O)c1ccc(Cl)cc1Cl. The fourth-order valence-electron chi connectivity index (χ4n) is 0.901. The predicted octanol–water partition coefficient (Wildman–Crippen LogP) is 3.07. The molecule has 5 heteroatoms. The number of amides is 1. The van der Waals surface area contributed by atoms with Gasteiger partial charge in [-0.25, -0.2) is 0 Å². The van der Waals surface area contributed by atoms with Crippen LogP contribution in [0.15, 0.2) is 18.2 Å². The summed E-state index contributed by atoms with van der Waals surface area (Å²) in [4.78, 5) is 11.9. The molecule has 1 aromatic carbocycles. The second-order valence-corrected chi connectivity index (χ2v) is 4.09. The Hall–Kier alpha value is -0.640. The van der Waals surface area contributed by atoms with E-state index in [0.717, 1.165) is 0 Å². The highest BCUT2D eigenvalue weighted by Gasteiger charge is 2.10. The third-order valence-electron chi connectivity index (χ3n) is 1.47. The van der Waals surface area contributed by atoms with E-state index in [0.29, 0.717) is 20.6 Å². The van der Waals surface area contributed by atoms with Crippen molar-refractivity contribution in [2.24, 2.45) is 0 Å². The summed E-state index contributed by atoms with van der Waals surface area (Å²) in [7, 11) is 0. The molecule has 1 rings (SSSR count). The van der Waals surface area contributed by atoms with Crippen LogP contribution in [0.5, 0.6) is 0 Å². The first-order valence-electron chi connectivity index (χ1n) is 3.77. The third kappa shape index (κ3) is 2.94. The van der Waals surface area contributed by atoms with E-state index in [2.05, 4.69) is 5.32 Å². The Labute approximate surface area is 97.2 Å². The molecule has 1 N–H and O–H groups in total. The van der Waals surface area contributed by atoms with Crippen LogP contribution in [0.4, 0.5) is 0 Å². The molecule has 0 unspecified atom stereocenters. The van der Waals surface area contributed by atoms with Gasteiger partial charge in [-0.05, 0) is 25.1 Å². The van der Waals surface area contributed by atoms with E-state index < -0.39 is 0 Å². The lowest BCUT2D eigenvalue weighted by molar-refractivity contribution is 0.0978. The van der Waals surface area contributed by atoms with E-state index in [-0.39, 0.29) is 5.91 Å². The van der Waals surface area contributed by atoms with E-state index in [4.69, 9.17) is 35.4 Å². The Bertz CT molecular complexity index is 392. The van der Waals surface area contributed by atoms with Gasteiger partial charge in [-0.1, -0.05) is 35.4 Å². The Balaban J connectivity index is 2.96. The number of hydrogen-bond donors (Lipinski definition) is 1. The van der Waals surface area contributed by atoms with Crippen LogP contribution in [0.1, 0.15) is 17.3 Å². The maximum absolute atomic E-state index is 11.5. The van der Waals surface area contributed by atoms with Crippen molar-refractivity contribution in [3.63, 3.8) is 0 Å². The zero-order valence-electron chi connectivity index (χ0n) is 7.30. The van der Waals surface area contributed by atoms with Crippen LogP contribution in [0, 0.1) is 0 Å². The van der Waals surface area contributed by atoms with Gasteiger partial charge in [0, 0.05) is 5.02 Å². The monoisotopic (exact) mass is 247 g/mol. The molecule has 0 aliphatic heterocycles. The third-order valence-corrected chi connectivity index (χ3v) is 2.12. The maximum atomic E-state index is 11.5. The van der Waals surface area contributed by atoms with Gasteiger partial charge in [0.1, 0.15) is 0 Å². The van der Waals surface area contributed by atoms with E-state index in [1.165, 1.54) is 6.07 Å². The predicted molar refractivity (Wildman–Crippen MR) is 62.2 cm³/mol. The van der Waals surface area contributed by atoms with E-state index >= 15 is 0 Å². The van der Waals surface area contributed by atoms with Crippen LogP contribution in [0.2, 0.25) is 10.0 Å². The lowest BCUT2D eigenvalue weighted by Gasteiger charge is -2.04. The number of nitrogens with one attached hydrogen (secondary N) is 1. The Morgan fingerprint density at radius 2 is 2.07 bits per heavy atom. The average Bonchev–Trinajstić information content (AvgIpc) is 2.01. The summed E-state index contributed by atoms with van der Waals surface area (Å²) in [5.74, 6) is -0.320. The largest absolute Gasteiger partial charge is 0.317 e. The van der Waals surface area contributed by atoms with Crippen LogP contribution in [0.3, 0.4) is 0 Å². The molecular formula is C9H7Cl2NOS. The first kappa shape index (κ1) is 11.4. The number of thiocarbonyl (C=S) groups is 1. The number of rotatable bonds is 1. The number of benzene rings is 1. The van der Waals surface area contributed by atoms with Crippen molar-refractivity contribution in [1.82, 2.24) is 5.32 Å². The van der Waals surface area contributed by atoms with Crippen LogP contribution in [-0.4, -0.2) is 10.9 Å². The smallest absolute Gasteiger partial charge is 0.257 e.